The van der Waals surface area contributed by atoms with Crippen LogP contribution in [0.5, 0.6) is 17.2 Å². The van der Waals surface area contributed by atoms with Crippen molar-refractivity contribution in [1.29, 1.82) is 0 Å². The van der Waals surface area contributed by atoms with Crippen LogP contribution in [-0.2, 0) is 4.79 Å². The summed E-state index contributed by atoms with van der Waals surface area (Å²) in [6.07, 6.45) is 2.86. The summed E-state index contributed by atoms with van der Waals surface area (Å²) in [5, 5.41) is 16.8. The minimum absolute atomic E-state index is 0.0219. The van der Waals surface area contributed by atoms with Crippen molar-refractivity contribution in [3.05, 3.63) is 90.2 Å². The molecule has 1 heterocycles. The van der Waals surface area contributed by atoms with Gasteiger partial charge in [-0.05, 0) is 93.2 Å². The van der Waals surface area contributed by atoms with Gasteiger partial charge in [-0.25, -0.2) is 5.43 Å². The van der Waals surface area contributed by atoms with Crippen LogP contribution >= 0.6 is 45.2 Å². The Morgan fingerprint density at radius 1 is 1.00 bits per heavy atom. The molecule has 0 fully saturated rings. The van der Waals surface area contributed by atoms with Crippen molar-refractivity contribution in [2.24, 2.45) is 5.10 Å². The zero-order chi connectivity index (χ0) is 24.1. The number of aromatic hydroxyl groups is 1. The molecule has 34 heavy (non-hydrogen) atoms. The van der Waals surface area contributed by atoms with Gasteiger partial charge in [0, 0.05) is 14.7 Å². The van der Waals surface area contributed by atoms with Gasteiger partial charge in [0.2, 0.25) is 6.79 Å². The largest absolute Gasteiger partial charge is 0.506 e. The van der Waals surface area contributed by atoms with Crippen LogP contribution in [0, 0.1) is 7.14 Å². The van der Waals surface area contributed by atoms with Crippen molar-refractivity contribution in [3.63, 3.8) is 0 Å². The molecule has 0 aromatic heterocycles. The summed E-state index contributed by atoms with van der Waals surface area (Å²) in [4.78, 5) is 25.6. The molecule has 3 aromatic carbocycles. The van der Waals surface area contributed by atoms with E-state index < -0.39 is 11.8 Å². The predicted octanol–water partition coefficient (Wildman–Crippen LogP) is 4.25. The monoisotopic (exact) mass is 681 g/mol. The average Bonchev–Trinajstić information content (AvgIpc) is 3.30. The van der Waals surface area contributed by atoms with Crippen LogP contribution in [0.15, 0.2) is 71.5 Å². The maximum Gasteiger partial charge on any atom is 0.287 e. The van der Waals surface area contributed by atoms with E-state index in [4.69, 9.17) is 9.47 Å². The molecule has 0 spiro atoms. The quantitative estimate of drug-likeness (QED) is 0.156. The van der Waals surface area contributed by atoms with Gasteiger partial charge in [-0.3, -0.25) is 9.59 Å². The van der Waals surface area contributed by atoms with Crippen LogP contribution in [0.2, 0.25) is 0 Å². The second-order valence-corrected chi connectivity index (χ2v) is 9.42. The number of hydrazone groups is 1. The number of benzene rings is 3. The molecule has 2 amide bonds. The first kappa shape index (κ1) is 24.0. The van der Waals surface area contributed by atoms with Crippen molar-refractivity contribution in [1.82, 2.24) is 10.7 Å². The van der Waals surface area contributed by atoms with Gasteiger partial charge in [-0.2, -0.15) is 5.10 Å². The van der Waals surface area contributed by atoms with Crippen LogP contribution in [0.3, 0.4) is 0 Å². The summed E-state index contributed by atoms with van der Waals surface area (Å²) >= 11 is 4.14. The molecule has 0 saturated carbocycles. The van der Waals surface area contributed by atoms with Gasteiger partial charge >= 0.3 is 0 Å². The molecular formula is C24H17I2N3O5. The van der Waals surface area contributed by atoms with Gasteiger partial charge in [-0.1, -0.05) is 24.3 Å². The molecule has 0 atom stereocenters. The number of amides is 2. The first-order chi connectivity index (χ1) is 16.4. The summed E-state index contributed by atoms with van der Waals surface area (Å²) < 4.78 is 12.3. The number of hydrogen-bond acceptors (Lipinski definition) is 6. The van der Waals surface area contributed by atoms with E-state index in [0.29, 0.717) is 31.8 Å². The van der Waals surface area contributed by atoms with Crippen LogP contribution in [0.4, 0.5) is 0 Å². The number of halogens is 2. The highest BCUT2D eigenvalue weighted by molar-refractivity contribution is 14.1. The fourth-order valence-corrected chi connectivity index (χ4v) is 4.91. The topological polar surface area (TPSA) is 109 Å². The lowest BCUT2D eigenvalue weighted by Crippen LogP contribution is -2.32. The molecule has 172 valence electrons. The van der Waals surface area contributed by atoms with Crippen LogP contribution in [-0.4, -0.2) is 29.9 Å². The van der Waals surface area contributed by atoms with Crippen molar-refractivity contribution < 1.29 is 24.2 Å². The molecule has 10 heteroatoms. The molecule has 0 bridgehead atoms. The molecule has 3 aromatic rings. The number of ether oxygens (including phenoxy) is 2. The SMILES string of the molecule is O=C(N/N=C/c1cc(I)cc(I)c1O)/C(=C\c1ccc2c(c1)OCO2)NC(=O)c1ccccc1. The Kier molecular flexibility index (Phi) is 7.67. The predicted molar refractivity (Wildman–Crippen MR) is 144 cm³/mol. The van der Waals surface area contributed by atoms with Crippen molar-refractivity contribution in [2.45, 2.75) is 0 Å². The highest BCUT2D eigenvalue weighted by Gasteiger charge is 2.17. The fourth-order valence-electron chi connectivity index (χ4n) is 3.02. The highest BCUT2D eigenvalue weighted by Crippen LogP contribution is 2.33. The third-order valence-electron chi connectivity index (χ3n) is 4.66. The lowest BCUT2D eigenvalue weighted by atomic mass is 10.1. The molecule has 4 rings (SSSR count). The summed E-state index contributed by atoms with van der Waals surface area (Å²) in [5.41, 5.74) is 3.85. The van der Waals surface area contributed by atoms with Crippen molar-refractivity contribution in [3.8, 4) is 17.2 Å². The number of carbonyl (C=O) groups is 2. The molecule has 8 nitrogen and oxygen atoms in total. The number of fused-ring (bicyclic) bond motifs is 1. The smallest absolute Gasteiger partial charge is 0.287 e. The van der Waals surface area contributed by atoms with E-state index in [0.717, 1.165) is 3.57 Å². The second kappa shape index (κ2) is 10.9. The fraction of sp³-hybridized carbons (Fsp3) is 0.0417. The Bertz CT molecular complexity index is 1310. The molecule has 0 unspecified atom stereocenters. The van der Waals surface area contributed by atoms with E-state index in [-0.39, 0.29) is 18.2 Å². The number of carbonyl (C=O) groups excluding carboxylic acids is 2. The van der Waals surface area contributed by atoms with E-state index in [9.17, 15) is 14.7 Å². The van der Waals surface area contributed by atoms with E-state index in [2.05, 4.69) is 38.4 Å². The Morgan fingerprint density at radius 3 is 2.56 bits per heavy atom. The summed E-state index contributed by atoms with van der Waals surface area (Å²) in [5.74, 6) is 0.125. The van der Waals surface area contributed by atoms with Gasteiger partial charge in [0.25, 0.3) is 11.8 Å². The van der Waals surface area contributed by atoms with Gasteiger partial charge in [0.1, 0.15) is 11.4 Å². The number of nitrogens with one attached hydrogen (secondary N) is 2. The van der Waals surface area contributed by atoms with E-state index in [1.807, 2.05) is 28.7 Å². The summed E-state index contributed by atoms with van der Waals surface area (Å²) in [6, 6.07) is 17.3. The molecule has 0 aliphatic carbocycles. The van der Waals surface area contributed by atoms with Gasteiger partial charge in [-0.15, -0.1) is 0 Å². The molecule has 0 saturated heterocycles. The van der Waals surface area contributed by atoms with Crippen LogP contribution in [0.1, 0.15) is 21.5 Å². The Labute approximate surface area is 222 Å². The molecule has 1 aliphatic heterocycles. The lowest BCUT2D eigenvalue weighted by Gasteiger charge is -2.10. The van der Waals surface area contributed by atoms with Crippen molar-refractivity contribution in [2.75, 3.05) is 6.79 Å². The first-order valence-electron chi connectivity index (χ1n) is 9.90. The third-order valence-corrected chi connectivity index (χ3v) is 6.11. The van der Waals surface area contributed by atoms with Crippen LogP contribution in [0.25, 0.3) is 6.08 Å². The van der Waals surface area contributed by atoms with Crippen LogP contribution < -0.4 is 20.2 Å². The minimum Gasteiger partial charge on any atom is -0.506 e. The third kappa shape index (κ3) is 5.86. The normalized spacial score (nSPS) is 12.6. The highest BCUT2D eigenvalue weighted by atomic mass is 127. The Morgan fingerprint density at radius 2 is 1.76 bits per heavy atom. The lowest BCUT2D eigenvalue weighted by molar-refractivity contribution is -0.117. The van der Waals surface area contributed by atoms with E-state index in [1.165, 1.54) is 12.3 Å². The summed E-state index contributed by atoms with van der Waals surface area (Å²) in [7, 11) is 0. The average molecular weight is 681 g/mol. The zero-order valence-corrected chi connectivity index (χ0v) is 21.7. The maximum atomic E-state index is 12.9. The Balaban J connectivity index is 1.58. The zero-order valence-electron chi connectivity index (χ0n) is 17.4. The summed E-state index contributed by atoms with van der Waals surface area (Å²) in [6.45, 7) is 0.125. The molecule has 0 radical (unpaired) electrons. The van der Waals surface area contributed by atoms with Gasteiger partial charge in [0.15, 0.2) is 11.5 Å². The Hall–Kier alpha value is -3.13. The minimum atomic E-state index is -0.641. The number of phenolic OH excluding ortho intramolecular Hbond substituents is 1. The number of nitrogens with zero attached hydrogens (tertiary/aromatic N) is 1. The number of rotatable bonds is 6. The van der Waals surface area contributed by atoms with Gasteiger partial charge < -0.3 is 19.9 Å². The van der Waals surface area contributed by atoms with E-state index in [1.54, 1.807) is 54.6 Å². The van der Waals surface area contributed by atoms with Gasteiger partial charge in [0.05, 0.1) is 9.78 Å². The second-order valence-electron chi connectivity index (χ2n) is 7.02. The molecule has 3 N–H and O–H groups in total. The van der Waals surface area contributed by atoms with E-state index >= 15 is 0 Å². The number of phenols is 1. The molecular weight excluding hydrogens is 664 g/mol. The van der Waals surface area contributed by atoms with Crippen molar-refractivity contribution >= 4 is 69.3 Å². The number of hydrogen-bond donors (Lipinski definition) is 3. The first-order valence-corrected chi connectivity index (χ1v) is 12.1. The molecule has 1 aliphatic rings. The standard InChI is InChI=1S/C24H17I2N3O5/c25-17-10-16(22(30)18(26)11-17)12-27-29-24(32)19(28-23(31)15-4-2-1-3-5-15)8-14-6-7-20-21(9-14)34-13-33-20/h1-12,30H,13H2,(H,28,31)(H,29,32)/b19-8+,27-12+. The maximum absolute atomic E-state index is 12.9.